The van der Waals surface area contributed by atoms with E-state index in [1.54, 1.807) is 29.6 Å². The average molecular weight is 543 g/mol. The Morgan fingerprint density at radius 2 is 2.09 bits per heavy atom. The summed E-state index contributed by atoms with van der Waals surface area (Å²) < 4.78 is 11.3. The van der Waals surface area contributed by atoms with Crippen molar-refractivity contribution in [3.05, 3.63) is 68.6 Å². The first-order chi connectivity index (χ1) is 16.3. The molecule has 1 fully saturated rings. The van der Waals surface area contributed by atoms with Crippen molar-refractivity contribution in [3.63, 3.8) is 0 Å². The second-order valence-corrected chi connectivity index (χ2v) is 9.72. The maximum Gasteiger partial charge on any atom is 0.301 e. The summed E-state index contributed by atoms with van der Waals surface area (Å²) in [5.41, 5.74) is 1.70. The fourth-order valence-electron chi connectivity index (χ4n) is 4.31. The number of benzene rings is 2. The summed E-state index contributed by atoms with van der Waals surface area (Å²) >= 11 is 4.50. The molecule has 0 saturated carbocycles. The highest BCUT2D eigenvalue weighted by Gasteiger charge is 2.48. The minimum atomic E-state index is -0.986. The van der Waals surface area contributed by atoms with Crippen LogP contribution in [-0.4, -0.2) is 40.1 Å². The normalized spacial score (nSPS) is 21.0. The number of anilines is 1. The molecule has 0 spiro atoms. The molecule has 1 saturated heterocycles. The number of hydrogen-bond donors (Lipinski definition) is 2. The Bertz CT molecular complexity index is 1350. The third kappa shape index (κ3) is 3.54. The number of phenolic OH excluding ortho intramolecular Hbond substituents is 1. The van der Waals surface area contributed by atoms with Gasteiger partial charge in [-0.1, -0.05) is 0 Å². The first-order valence-electron chi connectivity index (χ1n) is 10.4. The summed E-state index contributed by atoms with van der Waals surface area (Å²) in [7, 11) is 1.40. The molecule has 8 nitrogen and oxygen atoms in total. The van der Waals surface area contributed by atoms with Crippen molar-refractivity contribution in [2.75, 3.05) is 12.0 Å². The number of thiazole rings is 1. The van der Waals surface area contributed by atoms with E-state index >= 15 is 0 Å². The van der Waals surface area contributed by atoms with Crippen molar-refractivity contribution in [2.45, 2.75) is 25.5 Å². The third-order valence-corrected chi connectivity index (χ3v) is 7.20. The first-order valence-corrected chi connectivity index (χ1v) is 12.0. The highest BCUT2D eigenvalue weighted by Crippen LogP contribution is 2.46. The van der Waals surface area contributed by atoms with Crippen LogP contribution in [0.25, 0.3) is 5.76 Å². The minimum Gasteiger partial charge on any atom is -0.507 e. The van der Waals surface area contributed by atoms with Gasteiger partial charge in [0.25, 0.3) is 5.78 Å². The van der Waals surface area contributed by atoms with Crippen LogP contribution < -0.4 is 14.4 Å². The van der Waals surface area contributed by atoms with E-state index in [-0.39, 0.29) is 28.9 Å². The molecule has 0 bridgehead atoms. The molecule has 2 aliphatic rings. The van der Waals surface area contributed by atoms with Gasteiger partial charge in [0, 0.05) is 23.6 Å². The fourth-order valence-corrected chi connectivity index (χ4v) is 5.44. The summed E-state index contributed by atoms with van der Waals surface area (Å²) in [6.45, 7) is 1.95. The molecule has 2 N–H and O–H groups in total. The molecule has 2 atom stereocenters. The maximum atomic E-state index is 13.3. The van der Waals surface area contributed by atoms with E-state index in [9.17, 15) is 19.8 Å². The molecule has 2 aromatic carbocycles. The topological polar surface area (TPSA) is 109 Å². The molecule has 5 rings (SSSR count). The SMILES string of the molecule is COc1cc([C@H]2C(=C(O)c3ccc4c(c3)C[C@@H](C)O4)C(=O)C(=O)N2c2nccs2)cc(Br)c1O. The zero-order valence-electron chi connectivity index (χ0n) is 18.1. The predicted molar refractivity (Wildman–Crippen MR) is 129 cm³/mol. The number of Topliss-reactive ketones (excluding diaryl/α,β-unsaturated/α-hetero) is 1. The van der Waals surface area contributed by atoms with Crippen molar-refractivity contribution in [1.82, 2.24) is 4.98 Å². The molecule has 2 aliphatic heterocycles. The predicted octanol–water partition coefficient (Wildman–Crippen LogP) is 4.57. The van der Waals surface area contributed by atoms with E-state index in [2.05, 4.69) is 20.9 Å². The van der Waals surface area contributed by atoms with Gasteiger partial charge in [-0.2, -0.15) is 0 Å². The van der Waals surface area contributed by atoms with Crippen LogP contribution in [0.2, 0.25) is 0 Å². The van der Waals surface area contributed by atoms with Gasteiger partial charge in [0.05, 0.1) is 23.2 Å². The average Bonchev–Trinajstić information content (AvgIpc) is 3.53. The van der Waals surface area contributed by atoms with Gasteiger partial charge in [0.15, 0.2) is 16.6 Å². The summed E-state index contributed by atoms with van der Waals surface area (Å²) in [6, 6.07) is 7.31. The Hall–Kier alpha value is -3.37. The molecular formula is C24H19BrN2O6S. The van der Waals surface area contributed by atoms with Crippen LogP contribution in [-0.2, 0) is 16.0 Å². The standard InChI is InChI=1S/C24H19BrN2O6S/c1-11-7-13-8-12(3-4-16(13)33-11)20(28)18-19(14-9-15(25)21(29)17(10-14)32-2)27(23(31)22(18)30)24-26-5-6-34-24/h3-6,8-11,19,28-29H,7H2,1-2H3/t11-,19+/m1/s1. The Kier molecular flexibility index (Phi) is 5.57. The number of fused-ring (bicyclic) bond motifs is 1. The van der Waals surface area contributed by atoms with Crippen molar-refractivity contribution in [2.24, 2.45) is 0 Å². The second-order valence-electron chi connectivity index (χ2n) is 7.99. The molecule has 3 aromatic rings. The van der Waals surface area contributed by atoms with Gasteiger partial charge in [-0.25, -0.2) is 4.98 Å². The van der Waals surface area contributed by atoms with Gasteiger partial charge in [-0.3, -0.25) is 14.5 Å². The molecule has 0 radical (unpaired) electrons. The van der Waals surface area contributed by atoms with Crippen molar-refractivity contribution >= 4 is 49.8 Å². The van der Waals surface area contributed by atoms with Gasteiger partial charge in [0.1, 0.15) is 17.6 Å². The van der Waals surface area contributed by atoms with Gasteiger partial charge >= 0.3 is 5.91 Å². The number of phenols is 1. The van der Waals surface area contributed by atoms with Crippen molar-refractivity contribution in [3.8, 4) is 17.2 Å². The van der Waals surface area contributed by atoms with Crippen molar-refractivity contribution in [1.29, 1.82) is 0 Å². The monoisotopic (exact) mass is 542 g/mol. The summed E-state index contributed by atoms with van der Waals surface area (Å²) in [4.78, 5) is 31.9. The molecule has 174 valence electrons. The number of halogens is 1. The number of nitrogens with zero attached hydrogens (tertiary/aromatic N) is 2. The number of ketones is 1. The number of aliphatic hydroxyl groups excluding tert-OH is 1. The second kappa shape index (κ2) is 8.44. The lowest BCUT2D eigenvalue weighted by Crippen LogP contribution is -2.29. The number of methoxy groups -OCH3 is 1. The number of aromatic nitrogens is 1. The Balaban J connectivity index is 1.72. The van der Waals surface area contributed by atoms with E-state index in [1.165, 1.54) is 35.6 Å². The van der Waals surface area contributed by atoms with E-state index in [0.717, 1.165) is 11.3 Å². The molecular weight excluding hydrogens is 524 g/mol. The summed E-state index contributed by atoms with van der Waals surface area (Å²) in [6.07, 6.45) is 2.23. The van der Waals surface area contributed by atoms with Gasteiger partial charge < -0.3 is 19.7 Å². The lowest BCUT2D eigenvalue weighted by atomic mass is 9.94. The smallest absolute Gasteiger partial charge is 0.301 e. The third-order valence-electron chi connectivity index (χ3n) is 5.83. The molecule has 34 heavy (non-hydrogen) atoms. The number of carbonyl (C=O) groups is 2. The number of aromatic hydroxyl groups is 1. The van der Waals surface area contributed by atoms with Crippen LogP contribution in [0, 0.1) is 0 Å². The number of rotatable bonds is 4. The maximum absolute atomic E-state index is 13.3. The highest BCUT2D eigenvalue weighted by atomic mass is 79.9. The number of ether oxygens (including phenoxy) is 2. The zero-order valence-corrected chi connectivity index (χ0v) is 20.5. The van der Waals surface area contributed by atoms with Gasteiger partial charge in [-0.15, -0.1) is 11.3 Å². The zero-order chi connectivity index (χ0) is 24.1. The lowest BCUT2D eigenvalue weighted by molar-refractivity contribution is -0.132. The molecule has 0 unspecified atom stereocenters. The summed E-state index contributed by atoms with van der Waals surface area (Å²) in [5.74, 6) is -1.17. The molecule has 3 heterocycles. The fraction of sp³-hybridized carbons (Fsp3) is 0.208. The highest BCUT2D eigenvalue weighted by molar-refractivity contribution is 9.10. The summed E-state index contributed by atoms with van der Waals surface area (Å²) in [5, 5.41) is 23.6. The number of carbonyl (C=O) groups excluding carboxylic acids is 2. The Morgan fingerprint density at radius 3 is 2.79 bits per heavy atom. The number of aliphatic hydroxyl groups is 1. The van der Waals surface area contributed by atoms with Crippen LogP contribution in [0.3, 0.4) is 0 Å². The van der Waals surface area contributed by atoms with Crippen LogP contribution in [0.5, 0.6) is 17.2 Å². The largest absolute Gasteiger partial charge is 0.507 e. The Labute approximate surface area is 207 Å². The van der Waals surface area contributed by atoms with Crippen LogP contribution in [0.4, 0.5) is 5.13 Å². The van der Waals surface area contributed by atoms with Gasteiger partial charge in [0.2, 0.25) is 0 Å². The number of amides is 1. The minimum absolute atomic E-state index is 0.0182. The Morgan fingerprint density at radius 1 is 1.29 bits per heavy atom. The first kappa shape index (κ1) is 22.4. The lowest BCUT2D eigenvalue weighted by Gasteiger charge is -2.24. The molecule has 1 aromatic heterocycles. The van der Waals surface area contributed by atoms with Crippen LogP contribution in [0.1, 0.15) is 29.7 Å². The van der Waals surface area contributed by atoms with E-state index in [0.29, 0.717) is 27.2 Å². The van der Waals surface area contributed by atoms with Gasteiger partial charge in [-0.05, 0) is 64.3 Å². The number of hydrogen-bond acceptors (Lipinski definition) is 8. The molecule has 0 aliphatic carbocycles. The van der Waals surface area contributed by atoms with E-state index < -0.39 is 17.7 Å². The van der Waals surface area contributed by atoms with Crippen LogP contribution in [0.15, 0.2) is 52.0 Å². The molecule has 1 amide bonds. The van der Waals surface area contributed by atoms with Crippen LogP contribution >= 0.6 is 27.3 Å². The molecule has 10 heteroatoms. The quantitative estimate of drug-likeness (QED) is 0.282. The van der Waals surface area contributed by atoms with Crippen molar-refractivity contribution < 1.29 is 29.3 Å². The van der Waals surface area contributed by atoms with E-state index in [1.807, 2.05) is 6.92 Å². The van der Waals surface area contributed by atoms with E-state index in [4.69, 9.17) is 9.47 Å².